The molecule has 1 aliphatic rings. The zero-order chi connectivity index (χ0) is 20.8. The number of benzene rings is 2. The summed E-state index contributed by atoms with van der Waals surface area (Å²) in [6, 6.07) is 9.72. The molecular formula is C19H15F3N4O2S. The van der Waals surface area contributed by atoms with Crippen LogP contribution in [0.2, 0.25) is 0 Å². The molecule has 3 aromatic rings. The number of rotatable bonds is 3. The molecule has 0 radical (unpaired) electrons. The monoisotopic (exact) mass is 420 g/mol. The average Bonchev–Trinajstić information content (AvgIpc) is 3.27. The molecule has 150 valence electrons. The Balaban J connectivity index is 1.62. The number of carbonyl (C=O) groups excluding carboxylic acids is 2. The molecule has 2 heterocycles. The minimum absolute atomic E-state index is 0.241. The molecule has 6 nitrogen and oxygen atoms in total. The quantitative estimate of drug-likeness (QED) is 0.658. The van der Waals surface area contributed by atoms with Gasteiger partial charge in [0.25, 0.3) is 0 Å². The van der Waals surface area contributed by atoms with Gasteiger partial charge in [0.15, 0.2) is 0 Å². The van der Waals surface area contributed by atoms with E-state index in [-0.39, 0.29) is 12.5 Å². The van der Waals surface area contributed by atoms with E-state index in [1.807, 2.05) is 0 Å². The van der Waals surface area contributed by atoms with Gasteiger partial charge >= 0.3 is 6.18 Å². The second-order valence-corrected chi connectivity index (χ2v) is 7.38. The molecule has 2 amide bonds. The Kier molecular flexibility index (Phi) is 4.73. The maximum absolute atomic E-state index is 13.0. The maximum atomic E-state index is 13.0. The molecule has 1 aliphatic heterocycles. The van der Waals surface area contributed by atoms with Crippen molar-refractivity contribution in [3.05, 3.63) is 53.6 Å². The van der Waals surface area contributed by atoms with Gasteiger partial charge in [-0.25, -0.2) is 0 Å². The number of alkyl halides is 3. The molecule has 29 heavy (non-hydrogen) atoms. The van der Waals surface area contributed by atoms with Crippen LogP contribution >= 0.6 is 11.7 Å². The fraction of sp³-hybridized carbons (Fsp3) is 0.263. The largest absolute Gasteiger partial charge is 0.416 e. The van der Waals surface area contributed by atoms with Crippen LogP contribution in [0.15, 0.2) is 42.5 Å². The van der Waals surface area contributed by atoms with Gasteiger partial charge in [-0.05, 0) is 29.8 Å². The zero-order valence-electron chi connectivity index (χ0n) is 15.1. The highest BCUT2D eigenvalue weighted by Gasteiger charge is 2.44. The van der Waals surface area contributed by atoms with E-state index in [1.165, 1.54) is 17.0 Å². The smallest absolute Gasteiger partial charge is 0.344 e. The summed E-state index contributed by atoms with van der Waals surface area (Å²) in [4.78, 5) is 27.0. The summed E-state index contributed by atoms with van der Waals surface area (Å²) >= 11 is 1.01. The number of nitrogens with one attached hydrogen (secondary N) is 1. The zero-order valence-corrected chi connectivity index (χ0v) is 15.9. The summed E-state index contributed by atoms with van der Waals surface area (Å²) < 4.78 is 46.8. The molecule has 1 N–H and O–H groups in total. The molecule has 10 heteroatoms. The predicted octanol–water partition coefficient (Wildman–Crippen LogP) is 3.52. The van der Waals surface area contributed by atoms with Crippen molar-refractivity contribution >= 4 is 40.3 Å². The van der Waals surface area contributed by atoms with Crippen LogP contribution in [0.1, 0.15) is 17.0 Å². The van der Waals surface area contributed by atoms with Crippen molar-refractivity contribution in [1.82, 2.24) is 13.6 Å². The number of likely N-dealkylation sites (N-methyl/N-ethyl adjacent to an activating group) is 1. The minimum atomic E-state index is -4.45. The average molecular weight is 420 g/mol. The van der Waals surface area contributed by atoms with Gasteiger partial charge in [-0.2, -0.15) is 21.9 Å². The van der Waals surface area contributed by atoms with Crippen LogP contribution in [0.5, 0.6) is 0 Å². The highest BCUT2D eigenvalue weighted by molar-refractivity contribution is 7.00. The Labute approximate surface area is 167 Å². The lowest BCUT2D eigenvalue weighted by atomic mass is 9.87. The summed E-state index contributed by atoms with van der Waals surface area (Å²) in [5.41, 5.74) is 1.32. The number of hydrogen-bond donors (Lipinski definition) is 1. The van der Waals surface area contributed by atoms with Crippen LogP contribution in [-0.2, 0) is 15.8 Å². The Bertz CT molecular complexity index is 1080. The van der Waals surface area contributed by atoms with E-state index < -0.39 is 29.5 Å². The van der Waals surface area contributed by atoms with Crippen LogP contribution in [0, 0.1) is 5.92 Å². The summed E-state index contributed by atoms with van der Waals surface area (Å²) in [5.74, 6) is -2.50. The number of anilines is 1. The normalized spacial score (nSPS) is 19.7. The van der Waals surface area contributed by atoms with Crippen LogP contribution < -0.4 is 5.32 Å². The van der Waals surface area contributed by atoms with Crippen LogP contribution in [0.4, 0.5) is 18.9 Å². The van der Waals surface area contributed by atoms with Gasteiger partial charge in [0.05, 0.1) is 23.0 Å². The molecule has 2 atom stereocenters. The minimum Gasteiger partial charge on any atom is -0.344 e. The lowest BCUT2D eigenvalue weighted by Gasteiger charge is -2.18. The number of carbonyl (C=O) groups is 2. The van der Waals surface area contributed by atoms with Gasteiger partial charge in [0, 0.05) is 19.5 Å². The summed E-state index contributed by atoms with van der Waals surface area (Å²) in [6.07, 6.45) is -4.45. The number of amides is 2. The van der Waals surface area contributed by atoms with Crippen LogP contribution in [0.3, 0.4) is 0 Å². The molecule has 0 spiro atoms. The number of halogens is 3. The SMILES string of the molecule is CN1C[C@H](c2ccc(C(F)(F)F)cc2)[C@@H](C(=O)Nc2cccc3nsnc23)C1=O. The first kappa shape index (κ1) is 19.3. The second kappa shape index (κ2) is 7.11. The Morgan fingerprint density at radius 2 is 1.90 bits per heavy atom. The molecule has 1 fully saturated rings. The van der Waals surface area contributed by atoms with E-state index in [0.717, 1.165) is 23.9 Å². The fourth-order valence-electron chi connectivity index (χ4n) is 3.53. The van der Waals surface area contributed by atoms with Gasteiger partial charge in [-0.15, -0.1) is 0 Å². The fourth-order valence-corrected chi connectivity index (χ4v) is 4.08. The number of hydrogen-bond acceptors (Lipinski definition) is 5. The Morgan fingerprint density at radius 1 is 1.17 bits per heavy atom. The number of likely N-dealkylation sites (tertiary alicyclic amines) is 1. The molecule has 0 aliphatic carbocycles. The van der Waals surface area contributed by atoms with E-state index in [4.69, 9.17) is 0 Å². The van der Waals surface area contributed by atoms with Gasteiger partial charge < -0.3 is 10.2 Å². The van der Waals surface area contributed by atoms with E-state index in [9.17, 15) is 22.8 Å². The van der Waals surface area contributed by atoms with E-state index in [1.54, 1.807) is 25.2 Å². The molecule has 1 saturated heterocycles. The van der Waals surface area contributed by atoms with Crippen molar-refractivity contribution in [3.63, 3.8) is 0 Å². The van der Waals surface area contributed by atoms with Crippen molar-refractivity contribution in [2.45, 2.75) is 12.1 Å². The predicted molar refractivity (Wildman–Crippen MR) is 101 cm³/mol. The Morgan fingerprint density at radius 3 is 2.59 bits per heavy atom. The third-order valence-electron chi connectivity index (χ3n) is 5.01. The Hall–Kier alpha value is -3.01. The molecule has 0 unspecified atom stereocenters. The number of nitrogens with zero attached hydrogens (tertiary/aromatic N) is 3. The first-order valence-electron chi connectivity index (χ1n) is 8.70. The molecule has 2 aromatic carbocycles. The van der Waals surface area contributed by atoms with Gasteiger partial charge in [-0.1, -0.05) is 18.2 Å². The third-order valence-corrected chi connectivity index (χ3v) is 5.55. The first-order valence-corrected chi connectivity index (χ1v) is 9.43. The molecule has 0 saturated carbocycles. The molecular weight excluding hydrogens is 405 g/mol. The highest BCUT2D eigenvalue weighted by Crippen LogP contribution is 2.36. The van der Waals surface area contributed by atoms with Crippen molar-refractivity contribution in [2.75, 3.05) is 18.9 Å². The summed E-state index contributed by atoms with van der Waals surface area (Å²) in [6.45, 7) is 0.241. The third kappa shape index (κ3) is 3.55. The van der Waals surface area contributed by atoms with E-state index >= 15 is 0 Å². The van der Waals surface area contributed by atoms with E-state index in [0.29, 0.717) is 22.3 Å². The summed E-state index contributed by atoms with van der Waals surface area (Å²) in [5, 5.41) is 2.74. The van der Waals surface area contributed by atoms with Gasteiger partial charge in [0.1, 0.15) is 17.0 Å². The molecule has 4 rings (SSSR count). The van der Waals surface area contributed by atoms with E-state index in [2.05, 4.69) is 14.1 Å². The topological polar surface area (TPSA) is 75.2 Å². The first-order chi connectivity index (χ1) is 13.8. The van der Waals surface area contributed by atoms with Crippen LogP contribution in [-0.4, -0.2) is 39.1 Å². The highest BCUT2D eigenvalue weighted by atomic mass is 32.1. The van der Waals surface area contributed by atoms with Gasteiger partial charge in [0.2, 0.25) is 11.8 Å². The number of fused-ring (bicyclic) bond motifs is 1. The van der Waals surface area contributed by atoms with Crippen molar-refractivity contribution < 1.29 is 22.8 Å². The van der Waals surface area contributed by atoms with Crippen molar-refractivity contribution in [1.29, 1.82) is 0 Å². The lowest BCUT2D eigenvalue weighted by molar-refractivity contribution is -0.138. The van der Waals surface area contributed by atoms with Gasteiger partial charge in [-0.3, -0.25) is 9.59 Å². The van der Waals surface area contributed by atoms with Crippen LogP contribution in [0.25, 0.3) is 11.0 Å². The second-order valence-electron chi connectivity index (χ2n) is 6.85. The number of aromatic nitrogens is 2. The maximum Gasteiger partial charge on any atom is 0.416 e. The molecule has 1 aromatic heterocycles. The molecule has 0 bridgehead atoms. The standard InChI is InChI=1S/C19H15F3N4O2S/c1-26-9-12(10-5-7-11(8-6-10)19(20,21)22)15(18(26)28)17(27)23-13-3-2-4-14-16(13)25-29-24-14/h2-8,12,15H,9H2,1H3,(H,23,27)/t12-,15+/m1/s1. The van der Waals surface area contributed by atoms with Crippen molar-refractivity contribution in [2.24, 2.45) is 5.92 Å². The van der Waals surface area contributed by atoms with Crippen molar-refractivity contribution in [3.8, 4) is 0 Å². The lowest BCUT2D eigenvalue weighted by Crippen LogP contribution is -2.32. The summed E-state index contributed by atoms with van der Waals surface area (Å²) in [7, 11) is 1.57.